The zero-order chi connectivity index (χ0) is 16.2. The highest BCUT2D eigenvalue weighted by Gasteiger charge is 2.61. The predicted molar refractivity (Wildman–Crippen MR) is 87.5 cm³/mol. The summed E-state index contributed by atoms with van der Waals surface area (Å²) < 4.78 is 11.5. The molecule has 2 fully saturated rings. The topological polar surface area (TPSA) is 47.6 Å². The lowest BCUT2D eigenvalue weighted by Crippen LogP contribution is -2.52. The van der Waals surface area contributed by atoms with Crippen molar-refractivity contribution < 1.29 is 14.3 Å². The number of hydrogen-bond donors (Lipinski definition) is 1. The Hall–Kier alpha value is -1.71. The Morgan fingerprint density at radius 1 is 1.22 bits per heavy atom. The normalized spacial score (nSPS) is 36.7. The van der Waals surface area contributed by atoms with Crippen molar-refractivity contribution in [3.05, 3.63) is 24.3 Å². The summed E-state index contributed by atoms with van der Waals surface area (Å²) in [5.74, 6) is 2.03. The number of carbonyl (C=O) groups excluding carboxylic acids is 1. The summed E-state index contributed by atoms with van der Waals surface area (Å²) in [6, 6.07) is 7.74. The number of fused-ring (bicyclic) bond motifs is 3. The smallest absolute Gasteiger partial charge is 0.264 e. The molecule has 0 unspecified atom stereocenters. The van der Waals surface area contributed by atoms with E-state index in [1.165, 1.54) is 12.8 Å². The molecule has 2 aliphatic carbocycles. The van der Waals surface area contributed by atoms with E-state index in [9.17, 15) is 4.79 Å². The van der Waals surface area contributed by atoms with Gasteiger partial charge in [0, 0.05) is 6.04 Å². The van der Waals surface area contributed by atoms with E-state index >= 15 is 0 Å². The molecule has 4 rings (SSSR count). The van der Waals surface area contributed by atoms with Crippen LogP contribution in [0.2, 0.25) is 0 Å². The fourth-order valence-electron chi connectivity index (χ4n) is 4.84. The molecular formula is C19H25NO3. The Kier molecular flexibility index (Phi) is 3.16. The third-order valence-corrected chi connectivity index (χ3v) is 6.91. The summed E-state index contributed by atoms with van der Waals surface area (Å²) in [6.07, 6.45) is 3.00. The highest BCUT2D eigenvalue weighted by molar-refractivity contribution is 5.82. The van der Waals surface area contributed by atoms with Crippen LogP contribution in [0.1, 0.15) is 40.0 Å². The third-order valence-electron chi connectivity index (χ3n) is 6.91. The van der Waals surface area contributed by atoms with Crippen LogP contribution in [0, 0.1) is 16.7 Å². The number of hydrogen-bond acceptors (Lipinski definition) is 3. The van der Waals surface area contributed by atoms with Crippen LogP contribution in [-0.4, -0.2) is 24.7 Å². The van der Waals surface area contributed by atoms with Gasteiger partial charge in [0.15, 0.2) is 11.5 Å². The lowest BCUT2D eigenvalue weighted by molar-refractivity contribution is -0.132. The first-order chi connectivity index (χ1) is 10.9. The molecule has 2 bridgehead atoms. The minimum Gasteiger partial charge on any atom is -0.485 e. The van der Waals surface area contributed by atoms with Crippen LogP contribution in [0.4, 0.5) is 0 Å². The van der Waals surface area contributed by atoms with Gasteiger partial charge in [0.25, 0.3) is 5.91 Å². The molecule has 2 saturated carbocycles. The number of carbonyl (C=O) groups is 1. The molecule has 4 heteroatoms. The van der Waals surface area contributed by atoms with Crippen molar-refractivity contribution in [2.75, 3.05) is 6.61 Å². The van der Waals surface area contributed by atoms with E-state index in [4.69, 9.17) is 9.47 Å². The molecule has 1 amide bonds. The Balaban J connectivity index is 1.46. The number of rotatable bonds is 2. The van der Waals surface area contributed by atoms with Crippen molar-refractivity contribution in [2.24, 2.45) is 16.7 Å². The summed E-state index contributed by atoms with van der Waals surface area (Å²) in [5, 5.41) is 3.26. The van der Waals surface area contributed by atoms with E-state index in [1.54, 1.807) is 0 Å². The zero-order valence-corrected chi connectivity index (χ0v) is 14.1. The van der Waals surface area contributed by atoms with Gasteiger partial charge in [-0.05, 0) is 48.1 Å². The number of ether oxygens (including phenoxy) is 2. The number of benzene rings is 1. The Labute approximate surface area is 137 Å². The van der Waals surface area contributed by atoms with E-state index in [0.717, 1.165) is 6.42 Å². The number of amides is 1. The molecule has 1 heterocycles. The summed E-state index contributed by atoms with van der Waals surface area (Å²) in [5.41, 5.74) is 0.474. The molecule has 0 saturated heterocycles. The highest BCUT2D eigenvalue weighted by atomic mass is 16.6. The molecular weight excluding hydrogens is 290 g/mol. The first kappa shape index (κ1) is 14.9. The Morgan fingerprint density at radius 2 is 1.96 bits per heavy atom. The van der Waals surface area contributed by atoms with E-state index in [-0.39, 0.29) is 24.0 Å². The summed E-state index contributed by atoms with van der Waals surface area (Å²) in [7, 11) is 0. The van der Waals surface area contributed by atoms with Gasteiger partial charge in [0.1, 0.15) is 6.61 Å². The maximum Gasteiger partial charge on any atom is 0.264 e. The van der Waals surface area contributed by atoms with Gasteiger partial charge < -0.3 is 14.8 Å². The Morgan fingerprint density at radius 3 is 2.61 bits per heavy atom. The second-order valence-corrected chi connectivity index (χ2v) is 8.04. The molecule has 1 aromatic carbocycles. The van der Waals surface area contributed by atoms with E-state index < -0.39 is 6.10 Å². The lowest BCUT2D eigenvalue weighted by Gasteiger charge is -2.40. The van der Waals surface area contributed by atoms with Crippen molar-refractivity contribution in [1.82, 2.24) is 5.32 Å². The summed E-state index contributed by atoms with van der Waals surface area (Å²) in [6.45, 7) is 7.32. The number of nitrogens with one attached hydrogen (secondary N) is 1. The molecule has 3 aliphatic rings. The molecule has 0 aromatic heterocycles. The van der Waals surface area contributed by atoms with Gasteiger partial charge in [-0.25, -0.2) is 0 Å². The van der Waals surface area contributed by atoms with Crippen LogP contribution in [0.15, 0.2) is 24.3 Å². The van der Waals surface area contributed by atoms with Crippen LogP contribution < -0.4 is 14.8 Å². The number of para-hydroxylation sites is 2. The molecule has 1 aromatic rings. The van der Waals surface area contributed by atoms with Gasteiger partial charge in [-0.1, -0.05) is 32.9 Å². The van der Waals surface area contributed by atoms with Gasteiger partial charge in [-0.3, -0.25) is 4.79 Å². The molecule has 4 nitrogen and oxygen atoms in total. The first-order valence-electron chi connectivity index (χ1n) is 8.61. The SMILES string of the molecule is CC1(C)[C@@H]2CC[C@]1(C)[C@H](NC(=O)[C@@H]1COc3ccccc3O1)C2. The second-order valence-electron chi connectivity index (χ2n) is 8.04. The average Bonchev–Trinajstić information content (AvgIpc) is 2.87. The minimum absolute atomic E-state index is 0.0471. The fourth-order valence-corrected chi connectivity index (χ4v) is 4.84. The molecule has 4 atom stereocenters. The predicted octanol–water partition coefficient (Wildman–Crippen LogP) is 3.16. The van der Waals surface area contributed by atoms with E-state index in [0.29, 0.717) is 22.8 Å². The average molecular weight is 315 g/mol. The molecule has 1 aliphatic heterocycles. The van der Waals surface area contributed by atoms with Gasteiger partial charge >= 0.3 is 0 Å². The lowest BCUT2D eigenvalue weighted by atomic mass is 9.69. The van der Waals surface area contributed by atoms with Crippen molar-refractivity contribution in [3.63, 3.8) is 0 Å². The maximum absolute atomic E-state index is 12.7. The Bertz CT molecular complexity index is 641. The van der Waals surface area contributed by atoms with Crippen LogP contribution in [0.3, 0.4) is 0 Å². The molecule has 1 N–H and O–H groups in total. The quantitative estimate of drug-likeness (QED) is 0.912. The molecule has 23 heavy (non-hydrogen) atoms. The van der Waals surface area contributed by atoms with Gasteiger partial charge in [0.05, 0.1) is 0 Å². The molecule has 124 valence electrons. The second kappa shape index (κ2) is 4.89. The standard InChI is InChI=1S/C19H25NO3/c1-18(2)12-8-9-19(18,3)16(10-12)20-17(21)15-11-22-13-6-4-5-7-14(13)23-15/h4-7,12,15-16H,8-11H2,1-3H3,(H,20,21)/t12-,15+,16-,19-/m1/s1. The van der Waals surface area contributed by atoms with E-state index in [1.807, 2.05) is 24.3 Å². The van der Waals surface area contributed by atoms with Crippen molar-refractivity contribution in [2.45, 2.75) is 52.2 Å². The monoisotopic (exact) mass is 315 g/mol. The van der Waals surface area contributed by atoms with Crippen LogP contribution in [0.25, 0.3) is 0 Å². The van der Waals surface area contributed by atoms with Gasteiger partial charge in [-0.2, -0.15) is 0 Å². The maximum atomic E-state index is 12.7. The fraction of sp³-hybridized carbons (Fsp3) is 0.632. The summed E-state index contributed by atoms with van der Waals surface area (Å²) in [4.78, 5) is 12.7. The minimum atomic E-state index is -0.560. The zero-order valence-electron chi connectivity index (χ0n) is 14.1. The largest absolute Gasteiger partial charge is 0.485 e. The highest BCUT2D eigenvalue weighted by Crippen LogP contribution is 2.65. The van der Waals surface area contributed by atoms with Crippen LogP contribution in [-0.2, 0) is 4.79 Å². The summed E-state index contributed by atoms with van der Waals surface area (Å²) >= 11 is 0. The first-order valence-corrected chi connectivity index (χ1v) is 8.61. The van der Waals surface area contributed by atoms with Crippen LogP contribution >= 0.6 is 0 Å². The van der Waals surface area contributed by atoms with Crippen LogP contribution in [0.5, 0.6) is 11.5 Å². The third kappa shape index (κ3) is 2.07. The molecule has 0 radical (unpaired) electrons. The molecule has 0 spiro atoms. The van der Waals surface area contributed by atoms with Crippen molar-refractivity contribution in [1.29, 1.82) is 0 Å². The van der Waals surface area contributed by atoms with Gasteiger partial charge in [0.2, 0.25) is 6.10 Å². The van der Waals surface area contributed by atoms with Gasteiger partial charge in [-0.15, -0.1) is 0 Å². The van der Waals surface area contributed by atoms with E-state index in [2.05, 4.69) is 26.1 Å². The van der Waals surface area contributed by atoms with Crippen molar-refractivity contribution >= 4 is 5.91 Å². The van der Waals surface area contributed by atoms with Crippen molar-refractivity contribution in [3.8, 4) is 11.5 Å².